The van der Waals surface area contributed by atoms with Crippen LogP contribution in [0.2, 0.25) is 0 Å². The molecule has 0 bridgehead atoms. The highest BCUT2D eigenvalue weighted by molar-refractivity contribution is 5.39. The van der Waals surface area contributed by atoms with E-state index in [1.165, 1.54) is 25.3 Å². The van der Waals surface area contributed by atoms with Crippen LogP contribution in [0.3, 0.4) is 0 Å². The quantitative estimate of drug-likeness (QED) is 0.702. The van der Waals surface area contributed by atoms with E-state index in [0.717, 1.165) is 0 Å². The Balaban J connectivity index is 2.81. The highest BCUT2D eigenvalue weighted by Gasteiger charge is 2.07. The Morgan fingerprint density at radius 2 is 2.25 bits per heavy atom. The maximum Gasteiger partial charge on any atom is 0.199 e. The zero-order valence-electron chi connectivity index (χ0n) is 6.58. The molecule has 0 aromatic heterocycles. The van der Waals surface area contributed by atoms with E-state index in [-0.39, 0.29) is 18.3 Å². The van der Waals surface area contributed by atoms with Crippen molar-refractivity contribution in [3.8, 4) is 11.5 Å². The van der Waals surface area contributed by atoms with E-state index in [4.69, 9.17) is 9.84 Å². The highest BCUT2D eigenvalue weighted by atomic mass is 19.1. The number of aromatic hydroxyl groups is 1. The van der Waals surface area contributed by atoms with Crippen molar-refractivity contribution < 1.29 is 19.0 Å². The lowest BCUT2D eigenvalue weighted by Crippen LogP contribution is -2.00. The minimum absolute atomic E-state index is 0.0888. The Morgan fingerprint density at radius 3 is 2.83 bits per heavy atom. The minimum atomic E-state index is -0.605. The van der Waals surface area contributed by atoms with Gasteiger partial charge in [0.2, 0.25) is 0 Å². The molecule has 0 saturated heterocycles. The smallest absolute Gasteiger partial charge is 0.199 e. The fourth-order valence-electron chi connectivity index (χ4n) is 0.758. The number of phenolic OH excluding ortho intramolecular Hbond substituents is 1. The van der Waals surface area contributed by atoms with Crippen LogP contribution in [0.1, 0.15) is 0 Å². The number of hydrogen-bond acceptors (Lipinski definition) is 3. The Labute approximate surface area is 69.3 Å². The molecule has 0 spiro atoms. The molecule has 0 heterocycles. The van der Waals surface area contributed by atoms with Crippen LogP contribution in [0.4, 0.5) is 4.39 Å². The lowest BCUT2D eigenvalue weighted by atomic mass is 10.3. The van der Waals surface area contributed by atoms with Gasteiger partial charge in [-0.05, 0) is 12.1 Å². The number of hydrogen-bond donors (Lipinski definition) is 1. The zero-order chi connectivity index (χ0) is 8.97. The lowest BCUT2D eigenvalue weighted by molar-refractivity contribution is 0.0462. The lowest BCUT2D eigenvalue weighted by Gasteiger charge is -2.06. The standard InChI is InChI=1S/C8H9FO3/c1-11-5-12-8-6(9)3-2-4-7(8)10/h2-4,10H,5H2,1H3. The summed E-state index contributed by atoms with van der Waals surface area (Å²) in [5.41, 5.74) is 0. The van der Waals surface area contributed by atoms with E-state index in [1.54, 1.807) is 0 Å². The number of rotatable bonds is 3. The second-order valence-electron chi connectivity index (χ2n) is 2.14. The van der Waals surface area contributed by atoms with Crippen LogP contribution in [0.15, 0.2) is 18.2 Å². The molecule has 3 nitrogen and oxygen atoms in total. The van der Waals surface area contributed by atoms with Gasteiger partial charge in [0.15, 0.2) is 24.1 Å². The molecular formula is C8H9FO3. The number of para-hydroxylation sites is 1. The molecule has 66 valence electrons. The third-order valence-electron chi connectivity index (χ3n) is 1.27. The molecule has 1 aromatic carbocycles. The predicted octanol–water partition coefficient (Wildman–Crippen LogP) is 1.51. The fraction of sp³-hybridized carbons (Fsp3) is 0.250. The molecule has 0 unspecified atom stereocenters. The number of halogens is 1. The molecule has 1 aromatic rings. The summed E-state index contributed by atoms with van der Waals surface area (Å²) in [5, 5.41) is 9.10. The first-order chi connectivity index (χ1) is 5.75. The SMILES string of the molecule is COCOc1c(O)cccc1F. The normalized spacial score (nSPS) is 9.83. The number of ether oxygens (including phenoxy) is 2. The van der Waals surface area contributed by atoms with Crippen LogP contribution in [0, 0.1) is 5.82 Å². The third kappa shape index (κ3) is 1.85. The molecule has 0 amide bonds. The maximum absolute atomic E-state index is 12.8. The molecule has 0 aliphatic heterocycles. The van der Waals surface area contributed by atoms with Gasteiger partial charge in [0, 0.05) is 7.11 Å². The molecule has 0 radical (unpaired) electrons. The van der Waals surface area contributed by atoms with Crippen LogP contribution in [0.25, 0.3) is 0 Å². The summed E-state index contributed by atoms with van der Waals surface area (Å²) < 4.78 is 22.2. The van der Waals surface area contributed by atoms with Crippen LogP contribution in [-0.2, 0) is 4.74 Å². The first kappa shape index (κ1) is 8.80. The van der Waals surface area contributed by atoms with Gasteiger partial charge in [-0.1, -0.05) is 6.07 Å². The summed E-state index contributed by atoms with van der Waals surface area (Å²) >= 11 is 0. The second kappa shape index (κ2) is 3.92. The van der Waals surface area contributed by atoms with Gasteiger partial charge in [-0.3, -0.25) is 0 Å². The summed E-state index contributed by atoms with van der Waals surface area (Å²) in [6.07, 6.45) is 0. The Morgan fingerprint density at radius 1 is 1.50 bits per heavy atom. The van der Waals surface area contributed by atoms with Gasteiger partial charge in [0.05, 0.1) is 0 Å². The molecule has 1 rings (SSSR count). The van der Waals surface area contributed by atoms with E-state index < -0.39 is 5.82 Å². The Hall–Kier alpha value is -1.29. The van der Waals surface area contributed by atoms with Crippen molar-refractivity contribution in [2.75, 3.05) is 13.9 Å². The molecule has 0 saturated carbocycles. The Bertz CT molecular complexity index is 242. The van der Waals surface area contributed by atoms with E-state index in [1.807, 2.05) is 0 Å². The highest BCUT2D eigenvalue weighted by Crippen LogP contribution is 2.28. The van der Waals surface area contributed by atoms with Crippen molar-refractivity contribution in [2.45, 2.75) is 0 Å². The van der Waals surface area contributed by atoms with Crippen LogP contribution in [0.5, 0.6) is 11.5 Å². The molecule has 4 heteroatoms. The average molecular weight is 172 g/mol. The average Bonchev–Trinajstić information content (AvgIpc) is 2.04. The van der Waals surface area contributed by atoms with Crippen LogP contribution < -0.4 is 4.74 Å². The summed E-state index contributed by atoms with van der Waals surface area (Å²) in [4.78, 5) is 0. The predicted molar refractivity (Wildman–Crippen MR) is 40.6 cm³/mol. The zero-order valence-corrected chi connectivity index (χ0v) is 6.58. The van der Waals surface area contributed by atoms with E-state index >= 15 is 0 Å². The molecule has 0 aliphatic rings. The van der Waals surface area contributed by atoms with Crippen LogP contribution in [-0.4, -0.2) is 19.0 Å². The van der Waals surface area contributed by atoms with Gasteiger partial charge >= 0.3 is 0 Å². The van der Waals surface area contributed by atoms with Gasteiger partial charge in [-0.2, -0.15) is 0 Å². The number of phenols is 1. The van der Waals surface area contributed by atoms with Gasteiger partial charge in [0.25, 0.3) is 0 Å². The second-order valence-corrected chi connectivity index (χ2v) is 2.14. The first-order valence-electron chi connectivity index (χ1n) is 3.35. The summed E-state index contributed by atoms with van der Waals surface area (Å²) in [7, 11) is 1.41. The fourth-order valence-corrected chi connectivity index (χ4v) is 0.758. The van der Waals surface area contributed by atoms with Crippen molar-refractivity contribution in [3.63, 3.8) is 0 Å². The monoisotopic (exact) mass is 172 g/mol. The van der Waals surface area contributed by atoms with Crippen molar-refractivity contribution in [2.24, 2.45) is 0 Å². The molecule has 12 heavy (non-hydrogen) atoms. The Kier molecular flexibility index (Phi) is 2.88. The maximum atomic E-state index is 12.8. The summed E-state index contributed by atoms with van der Waals surface area (Å²) in [6, 6.07) is 3.93. The largest absolute Gasteiger partial charge is 0.504 e. The molecule has 0 aliphatic carbocycles. The molecule has 0 atom stereocenters. The molecule has 0 fully saturated rings. The van der Waals surface area contributed by atoms with Crippen molar-refractivity contribution in [3.05, 3.63) is 24.0 Å². The topological polar surface area (TPSA) is 38.7 Å². The molecular weight excluding hydrogens is 163 g/mol. The van der Waals surface area contributed by atoms with Gasteiger partial charge in [-0.15, -0.1) is 0 Å². The van der Waals surface area contributed by atoms with Crippen molar-refractivity contribution in [1.29, 1.82) is 0 Å². The van der Waals surface area contributed by atoms with E-state index in [9.17, 15) is 4.39 Å². The number of methoxy groups -OCH3 is 1. The molecule has 1 N–H and O–H groups in total. The van der Waals surface area contributed by atoms with E-state index in [2.05, 4.69) is 4.74 Å². The summed E-state index contributed by atoms with van der Waals surface area (Å²) in [6.45, 7) is -0.0888. The third-order valence-corrected chi connectivity index (χ3v) is 1.27. The van der Waals surface area contributed by atoms with E-state index in [0.29, 0.717) is 0 Å². The van der Waals surface area contributed by atoms with Gasteiger partial charge < -0.3 is 14.6 Å². The summed E-state index contributed by atoms with van der Waals surface area (Å²) in [5.74, 6) is -1.02. The van der Waals surface area contributed by atoms with Gasteiger partial charge in [0.1, 0.15) is 0 Å². The van der Waals surface area contributed by atoms with Crippen molar-refractivity contribution in [1.82, 2.24) is 0 Å². The van der Waals surface area contributed by atoms with Crippen molar-refractivity contribution >= 4 is 0 Å². The first-order valence-corrected chi connectivity index (χ1v) is 3.35. The van der Waals surface area contributed by atoms with Crippen LogP contribution >= 0.6 is 0 Å². The van der Waals surface area contributed by atoms with Gasteiger partial charge in [-0.25, -0.2) is 4.39 Å². The minimum Gasteiger partial charge on any atom is -0.504 e. The number of benzene rings is 1.